The number of hydrogen-bond acceptors (Lipinski definition) is 6. The summed E-state index contributed by atoms with van der Waals surface area (Å²) in [4.78, 5) is 19.2. The van der Waals surface area contributed by atoms with Crippen LogP contribution < -0.4 is 14.2 Å². The average Bonchev–Trinajstić information content (AvgIpc) is 2.88. The molecule has 0 bridgehead atoms. The maximum atomic E-state index is 12.8. The number of carbonyl (C=O) groups is 1. The van der Waals surface area contributed by atoms with E-state index in [-0.39, 0.29) is 12.0 Å². The monoisotopic (exact) mass is 494 g/mol. The van der Waals surface area contributed by atoms with Crippen LogP contribution in [0.1, 0.15) is 45.7 Å². The van der Waals surface area contributed by atoms with E-state index >= 15 is 0 Å². The second-order valence-electron chi connectivity index (χ2n) is 8.75. The maximum absolute atomic E-state index is 12.8. The van der Waals surface area contributed by atoms with Crippen LogP contribution in [0.25, 0.3) is 10.9 Å². The Labute approximate surface area is 214 Å². The molecule has 0 fully saturated rings. The predicted octanol–water partition coefficient (Wildman–Crippen LogP) is 5.43. The largest absolute Gasteiger partial charge is 0.497 e. The van der Waals surface area contributed by atoms with E-state index < -0.39 is 6.10 Å². The zero-order chi connectivity index (χ0) is 26.1. The lowest BCUT2D eigenvalue weighted by atomic mass is 10.1. The fraction of sp³-hybridized carbons (Fsp3) is 0.448. The summed E-state index contributed by atoms with van der Waals surface area (Å²) in [6, 6.07) is 13.5. The molecule has 7 nitrogen and oxygen atoms in total. The third-order valence-corrected chi connectivity index (χ3v) is 5.91. The van der Waals surface area contributed by atoms with Crippen LogP contribution in [-0.4, -0.2) is 54.8 Å². The van der Waals surface area contributed by atoms with Gasteiger partial charge in [-0.1, -0.05) is 12.1 Å². The van der Waals surface area contributed by atoms with Crippen LogP contribution in [-0.2, 0) is 22.6 Å². The molecule has 0 aliphatic rings. The van der Waals surface area contributed by atoms with Crippen molar-refractivity contribution in [3.63, 3.8) is 0 Å². The molecule has 1 amide bonds. The van der Waals surface area contributed by atoms with Gasteiger partial charge in [0, 0.05) is 37.7 Å². The van der Waals surface area contributed by atoms with Crippen molar-refractivity contribution in [1.29, 1.82) is 0 Å². The molecule has 36 heavy (non-hydrogen) atoms. The Hall–Kier alpha value is -3.32. The number of pyridine rings is 1. The number of hydrogen-bond donors (Lipinski definition) is 0. The summed E-state index contributed by atoms with van der Waals surface area (Å²) in [6.07, 6.45) is 1.83. The third-order valence-electron chi connectivity index (χ3n) is 5.91. The average molecular weight is 495 g/mol. The van der Waals surface area contributed by atoms with Gasteiger partial charge < -0.3 is 23.8 Å². The Kier molecular flexibility index (Phi) is 9.94. The SMILES string of the molecule is CCOC(Cc1ccc(OCc2cnc3ccc(OC)cc3c2OC(C)C)cc1)C(=O)N(CC)CC. The van der Waals surface area contributed by atoms with Gasteiger partial charge in [-0.25, -0.2) is 0 Å². The van der Waals surface area contributed by atoms with Gasteiger partial charge in [0.15, 0.2) is 0 Å². The number of fused-ring (bicyclic) bond motifs is 1. The highest BCUT2D eigenvalue weighted by Crippen LogP contribution is 2.33. The van der Waals surface area contributed by atoms with Crippen molar-refractivity contribution in [3.8, 4) is 17.2 Å². The first-order valence-corrected chi connectivity index (χ1v) is 12.6. The van der Waals surface area contributed by atoms with E-state index in [1.807, 2.05) is 82.0 Å². The molecule has 1 aromatic heterocycles. The van der Waals surface area contributed by atoms with Crippen LogP contribution in [0.4, 0.5) is 0 Å². The van der Waals surface area contributed by atoms with Crippen LogP contribution in [0.5, 0.6) is 17.2 Å². The van der Waals surface area contributed by atoms with Crippen LogP contribution >= 0.6 is 0 Å². The van der Waals surface area contributed by atoms with E-state index in [0.29, 0.717) is 32.7 Å². The summed E-state index contributed by atoms with van der Waals surface area (Å²) in [6.45, 7) is 12.0. The first kappa shape index (κ1) is 27.3. The molecule has 3 rings (SSSR count). The van der Waals surface area contributed by atoms with Gasteiger partial charge in [-0.15, -0.1) is 0 Å². The van der Waals surface area contributed by atoms with Crippen LogP contribution in [0, 0.1) is 0 Å². The molecule has 0 N–H and O–H groups in total. The Morgan fingerprint density at radius 2 is 1.69 bits per heavy atom. The molecule has 2 aromatic carbocycles. The number of ether oxygens (including phenoxy) is 4. The summed E-state index contributed by atoms with van der Waals surface area (Å²) in [5.74, 6) is 2.25. The van der Waals surface area contributed by atoms with Crippen molar-refractivity contribution in [2.45, 2.75) is 59.9 Å². The molecule has 0 aliphatic carbocycles. The second-order valence-corrected chi connectivity index (χ2v) is 8.75. The molecule has 3 aromatic rings. The number of carbonyl (C=O) groups excluding carboxylic acids is 1. The zero-order valence-electron chi connectivity index (χ0n) is 22.2. The minimum absolute atomic E-state index is 0.00262. The van der Waals surface area contributed by atoms with Gasteiger partial charge >= 0.3 is 0 Å². The van der Waals surface area contributed by atoms with Gasteiger partial charge in [-0.2, -0.15) is 0 Å². The van der Waals surface area contributed by atoms with Gasteiger partial charge in [0.1, 0.15) is 30.0 Å². The van der Waals surface area contributed by atoms with E-state index in [1.165, 1.54) is 0 Å². The number of likely N-dealkylation sites (N-methyl/N-ethyl adjacent to an activating group) is 1. The van der Waals surface area contributed by atoms with Crippen molar-refractivity contribution in [2.24, 2.45) is 0 Å². The van der Waals surface area contributed by atoms with E-state index in [0.717, 1.165) is 39.3 Å². The Morgan fingerprint density at radius 1 is 1.00 bits per heavy atom. The highest BCUT2D eigenvalue weighted by Gasteiger charge is 2.23. The molecule has 1 heterocycles. The van der Waals surface area contributed by atoms with E-state index in [4.69, 9.17) is 18.9 Å². The summed E-state index contributed by atoms with van der Waals surface area (Å²) in [5, 5.41) is 0.888. The van der Waals surface area contributed by atoms with Gasteiger partial charge in [0.05, 0.1) is 24.3 Å². The topological polar surface area (TPSA) is 70.1 Å². The fourth-order valence-corrected chi connectivity index (χ4v) is 4.05. The molecule has 0 saturated heterocycles. The third kappa shape index (κ3) is 6.88. The van der Waals surface area contributed by atoms with E-state index in [1.54, 1.807) is 13.3 Å². The molecule has 0 spiro atoms. The molecule has 0 aliphatic heterocycles. The molecule has 1 unspecified atom stereocenters. The van der Waals surface area contributed by atoms with E-state index in [9.17, 15) is 4.79 Å². The van der Waals surface area contributed by atoms with Crippen molar-refractivity contribution in [2.75, 3.05) is 26.8 Å². The standard InChI is InChI=1S/C29H38N2O5/c1-7-31(8-2)29(32)27(34-9-3)16-21-10-12-23(13-11-21)35-19-22-18-30-26-15-14-24(33-6)17-25(26)28(22)36-20(4)5/h10-15,17-18,20,27H,7-9,16,19H2,1-6H3. The number of amides is 1. The minimum Gasteiger partial charge on any atom is -0.497 e. The Morgan fingerprint density at radius 3 is 2.31 bits per heavy atom. The highest BCUT2D eigenvalue weighted by atomic mass is 16.5. The lowest BCUT2D eigenvalue weighted by Gasteiger charge is -2.25. The molecule has 194 valence electrons. The summed E-state index contributed by atoms with van der Waals surface area (Å²) >= 11 is 0. The van der Waals surface area contributed by atoms with Gasteiger partial charge in [0.2, 0.25) is 0 Å². The number of methoxy groups -OCH3 is 1. The number of rotatable bonds is 13. The molecular formula is C29H38N2O5. The Bertz CT molecular complexity index is 1130. The highest BCUT2D eigenvalue weighted by molar-refractivity contribution is 5.87. The summed E-state index contributed by atoms with van der Waals surface area (Å²) in [7, 11) is 1.64. The van der Waals surface area contributed by atoms with Crippen molar-refractivity contribution >= 4 is 16.8 Å². The van der Waals surface area contributed by atoms with Crippen molar-refractivity contribution < 1.29 is 23.7 Å². The molecule has 7 heteroatoms. The molecule has 0 radical (unpaired) electrons. The number of benzene rings is 2. The summed E-state index contributed by atoms with van der Waals surface area (Å²) in [5.41, 5.74) is 2.71. The normalized spacial score (nSPS) is 12.0. The smallest absolute Gasteiger partial charge is 0.252 e. The van der Waals surface area contributed by atoms with Gasteiger partial charge in [-0.3, -0.25) is 9.78 Å². The first-order chi connectivity index (χ1) is 17.4. The second kappa shape index (κ2) is 13.1. The first-order valence-electron chi connectivity index (χ1n) is 12.6. The van der Waals surface area contributed by atoms with Gasteiger partial charge in [-0.05, 0) is 70.5 Å². The zero-order valence-corrected chi connectivity index (χ0v) is 22.2. The quantitative estimate of drug-likeness (QED) is 0.316. The summed E-state index contributed by atoms with van der Waals surface area (Å²) < 4.78 is 23.4. The molecular weight excluding hydrogens is 456 g/mol. The minimum atomic E-state index is -0.488. The van der Waals surface area contributed by atoms with Gasteiger partial charge in [0.25, 0.3) is 5.91 Å². The predicted molar refractivity (Wildman–Crippen MR) is 142 cm³/mol. The van der Waals surface area contributed by atoms with Crippen LogP contribution in [0.3, 0.4) is 0 Å². The number of aromatic nitrogens is 1. The van der Waals surface area contributed by atoms with Crippen molar-refractivity contribution in [1.82, 2.24) is 9.88 Å². The fourth-order valence-electron chi connectivity index (χ4n) is 4.05. The van der Waals surface area contributed by atoms with Crippen LogP contribution in [0.2, 0.25) is 0 Å². The van der Waals surface area contributed by atoms with E-state index in [2.05, 4.69) is 4.98 Å². The lowest BCUT2D eigenvalue weighted by Crippen LogP contribution is -2.41. The Balaban J connectivity index is 1.74. The lowest BCUT2D eigenvalue weighted by molar-refractivity contribution is -0.143. The maximum Gasteiger partial charge on any atom is 0.252 e. The molecule has 0 saturated carbocycles. The molecule has 1 atom stereocenters. The number of nitrogens with zero attached hydrogens (tertiary/aromatic N) is 2. The van der Waals surface area contributed by atoms with Crippen molar-refractivity contribution in [3.05, 3.63) is 59.8 Å². The van der Waals surface area contributed by atoms with Crippen LogP contribution in [0.15, 0.2) is 48.7 Å².